The third-order valence-corrected chi connectivity index (χ3v) is 8.10. The zero-order valence-electron chi connectivity index (χ0n) is 21.1. The minimum absolute atomic E-state index is 0.116. The van der Waals surface area contributed by atoms with Crippen LogP contribution >= 0.6 is 0 Å². The second-order valence-electron chi connectivity index (χ2n) is 10.5. The SMILES string of the molecule is O=C(Nc1ccc(C2CCC2)c(CN2CCCC2C(F)(F)F)c1)c1cnc(N2CCC(C(=O)O)CC2)cn1. The van der Waals surface area contributed by atoms with Crippen molar-refractivity contribution in [3.63, 3.8) is 0 Å². The molecule has 11 heteroatoms. The number of carboxylic acid groups (broad SMARTS) is 1. The molecule has 1 aliphatic carbocycles. The number of halogens is 3. The summed E-state index contributed by atoms with van der Waals surface area (Å²) in [5.74, 6) is -0.657. The van der Waals surface area contributed by atoms with E-state index >= 15 is 0 Å². The maximum absolute atomic E-state index is 13.5. The van der Waals surface area contributed by atoms with Gasteiger partial charge in [-0.15, -0.1) is 0 Å². The van der Waals surface area contributed by atoms with Crippen molar-refractivity contribution in [3.8, 4) is 0 Å². The third kappa shape index (κ3) is 5.77. The second-order valence-corrected chi connectivity index (χ2v) is 10.5. The van der Waals surface area contributed by atoms with E-state index in [0.717, 1.165) is 30.4 Å². The Balaban J connectivity index is 1.27. The predicted molar refractivity (Wildman–Crippen MR) is 135 cm³/mol. The van der Waals surface area contributed by atoms with Crippen LogP contribution < -0.4 is 10.2 Å². The number of nitrogens with one attached hydrogen (secondary N) is 1. The number of aromatic nitrogens is 2. The number of aliphatic carboxylic acids is 1. The summed E-state index contributed by atoms with van der Waals surface area (Å²) in [6.45, 7) is 1.71. The highest BCUT2D eigenvalue weighted by Crippen LogP contribution is 2.40. The zero-order valence-corrected chi connectivity index (χ0v) is 21.1. The molecule has 0 radical (unpaired) electrons. The summed E-state index contributed by atoms with van der Waals surface area (Å²) in [5.41, 5.74) is 2.53. The lowest BCUT2D eigenvalue weighted by Crippen LogP contribution is -2.40. The van der Waals surface area contributed by atoms with Crippen molar-refractivity contribution in [1.82, 2.24) is 14.9 Å². The first kappa shape index (κ1) is 26.4. The van der Waals surface area contributed by atoms with Crippen LogP contribution in [-0.4, -0.2) is 63.7 Å². The molecule has 3 heterocycles. The van der Waals surface area contributed by atoms with E-state index in [2.05, 4.69) is 15.3 Å². The van der Waals surface area contributed by atoms with Crippen molar-refractivity contribution < 1.29 is 27.9 Å². The maximum atomic E-state index is 13.5. The van der Waals surface area contributed by atoms with Crippen LogP contribution in [0.3, 0.4) is 0 Å². The van der Waals surface area contributed by atoms with Crippen LogP contribution in [0.4, 0.5) is 24.7 Å². The Kier molecular flexibility index (Phi) is 7.56. The number of amides is 1. The Morgan fingerprint density at radius 3 is 2.37 bits per heavy atom. The summed E-state index contributed by atoms with van der Waals surface area (Å²) >= 11 is 0. The van der Waals surface area contributed by atoms with Crippen LogP contribution in [-0.2, 0) is 11.3 Å². The van der Waals surface area contributed by atoms with Crippen molar-refractivity contribution in [2.75, 3.05) is 29.9 Å². The van der Waals surface area contributed by atoms with Gasteiger partial charge in [-0.2, -0.15) is 13.2 Å². The van der Waals surface area contributed by atoms with E-state index in [1.54, 1.807) is 12.1 Å². The topological polar surface area (TPSA) is 98.7 Å². The standard InChI is InChI=1S/C27H32F3N5O3/c28-27(29,30)23-5-2-10-35(23)16-19-13-20(6-7-21(19)17-3-1-4-17)33-25(36)22-14-32-24(15-31-22)34-11-8-18(9-12-34)26(37)38/h6-7,13-15,17-18,23H,1-5,8-12,16H2,(H,33,36)(H,37,38). The lowest BCUT2D eigenvalue weighted by atomic mass is 9.78. The van der Waals surface area contributed by atoms with Gasteiger partial charge in [0.1, 0.15) is 17.6 Å². The summed E-state index contributed by atoms with van der Waals surface area (Å²) in [6, 6.07) is 4.10. The quantitative estimate of drug-likeness (QED) is 0.528. The van der Waals surface area contributed by atoms with E-state index in [0.29, 0.717) is 56.3 Å². The number of likely N-dealkylation sites (tertiary alicyclic amines) is 1. The molecule has 204 valence electrons. The van der Waals surface area contributed by atoms with Crippen LogP contribution in [0.2, 0.25) is 0 Å². The number of carboxylic acids is 1. The summed E-state index contributed by atoms with van der Waals surface area (Å²) in [7, 11) is 0. The highest BCUT2D eigenvalue weighted by molar-refractivity contribution is 6.02. The first-order valence-electron chi connectivity index (χ1n) is 13.2. The average Bonchev–Trinajstić information content (AvgIpc) is 3.33. The molecule has 0 bridgehead atoms. The Morgan fingerprint density at radius 2 is 1.76 bits per heavy atom. The summed E-state index contributed by atoms with van der Waals surface area (Å²) in [4.78, 5) is 36.1. The Labute approximate surface area is 219 Å². The van der Waals surface area contributed by atoms with Gasteiger partial charge in [-0.3, -0.25) is 14.5 Å². The summed E-state index contributed by atoms with van der Waals surface area (Å²) in [6.07, 6.45) is 3.49. The molecule has 1 amide bonds. The van der Waals surface area contributed by atoms with E-state index in [1.165, 1.54) is 17.3 Å². The van der Waals surface area contributed by atoms with E-state index in [1.807, 2.05) is 11.0 Å². The first-order chi connectivity index (χ1) is 18.2. The molecule has 8 nitrogen and oxygen atoms in total. The van der Waals surface area contributed by atoms with Crippen molar-refractivity contribution in [2.45, 2.75) is 69.6 Å². The Bertz CT molecular complexity index is 1160. The molecule has 0 spiro atoms. The molecular formula is C27H32F3N5O3. The second kappa shape index (κ2) is 10.9. The molecule has 38 heavy (non-hydrogen) atoms. The van der Waals surface area contributed by atoms with Crippen LogP contribution in [0.5, 0.6) is 0 Å². The van der Waals surface area contributed by atoms with Gasteiger partial charge in [0, 0.05) is 25.3 Å². The molecule has 3 aliphatic rings. The van der Waals surface area contributed by atoms with Gasteiger partial charge in [-0.1, -0.05) is 12.5 Å². The number of hydrogen-bond acceptors (Lipinski definition) is 6. The highest BCUT2D eigenvalue weighted by Gasteiger charge is 2.45. The molecule has 1 atom stereocenters. The van der Waals surface area contributed by atoms with Gasteiger partial charge < -0.3 is 15.3 Å². The Hall–Kier alpha value is -3.21. The third-order valence-electron chi connectivity index (χ3n) is 8.10. The minimum atomic E-state index is -4.25. The summed E-state index contributed by atoms with van der Waals surface area (Å²) in [5, 5.41) is 12.0. The summed E-state index contributed by atoms with van der Waals surface area (Å²) < 4.78 is 40.6. The molecule has 1 aromatic heterocycles. The van der Waals surface area contributed by atoms with Gasteiger partial charge in [-0.05, 0) is 74.2 Å². The van der Waals surface area contributed by atoms with Gasteiger partial charge in [-0.25, -0.2) is 9.97 Å². The van der Waals surface area contributed by atoms with Crippen molar-refractivity contribution in [3.05, 3.63) is 47.4 Å². The monoisotopic (exact) mass is 531 g/mol. The number of piperidine rings is 1. The van der Waals surface area contributed by atoms with E-state index in [9.17, 15) is 22.8 Å². The number of carbonyl (C=O) groups is 2. The lowest BCUT2D eigenvalue weighted by Gasteiger charge is -2.31. The van der Waals surface area contributed by atoms with Crippen molar-refractivity contribution in [2.24, 2.45) is 5.92 Å². The Morgan fingerprint density at radius 1 is 1.00 bits per heavy atom. The van der Waals surface area contributed by atoms with E-state index < -0.39 is 24.1 Å². The predicted octanol–water partition coefficient (Wildman–Crippen LogP) is 4.82. The minimum Gasteiger partial charge on any atom is -0.481 e. The smallest absolute Gasteiger partial charge is 0.404 e. The van der Waals surface area contributed by atoms with Gasteiger partial charge in [0.05, 0.1) is 18.3 Å². The molecule has 5 rings (SSSR count). The molecule has 2 saturated heterocycles. The number of hydrogen-bond donors (Lipinski definition) is 2. The lowest BCUT2D eigenvalue weighted by molar-refractivity contribution is -0.177. The number of alkyl halides is 3. The molecular weight excluding hydrogens is 499 g/mol. The number of rotatable bonds is 7. The number of anilines is 2. The van der Waals surface area contributed by atoms with Gasteiger partial charge in [0.15, 0.2) is 0 Å². The van der Waals surface area contributed by atoms with Crippen LogP contribution in [0, 0.1) is 5.92 Å². The molecule has 2 aromatic rings. The van der Waals surface area contributed by atoms with Crippen molar-refractivity contribution in [1.29, 1.82) is 0 Å². The van der Waals surface area contributed by atoms with Gasteiger partial charge >= 0.3 is 12.1 Å². The largest absolute Gasteiger partial charge is 0.481 e. The first-order valence-corrected chi connectivity index (χ1v) is 13.2. The zero-order chi connectivity index (χ0) is 26.9. The van der Waals surface area contributed by atoms with Crippen molar-refractivity contribution >= 4 is 23.4 Å². The molecule has 1 unspecified atom stereocenters. The average molecular weight is 532 g/mol. The van der Waals surface area contributed by atoms with Crippen LogP contribution in [0.25, 0.3) is 0 Å². The fourth-order valence-electron chi connectivity index (χ4n) is 5.70. The van der Waals surface area contributed by atoms with Crippen LogP contribution in [0.15, 0.2) is 30.6 Å². The van der Waals surface area contributed by atoms with E-state index in [4.69, 9.17) is 5.11 Å². The van der Waals surface area contributed by atoms with Gasteiger partial charge in [0.2, 0.25) is 0 Å². The maximum Gasteiger partial charge on any atom is 0.404 e. The molecule has 1 aromatic carbocycles. The molecule has 3 fully saturated rings. The van der Waals surface area contributed by atoms with Gasteiger partial charge in [0.25, 0.3) is 5.91 Å². The molecule has 2 N–H and O–H groups in total. The number of benzene rings is 1. The van der Waals surface area contributed by atoms with Crippen LogP contribution in [0.1, 0.15) is 72.5 Å². The normalized spacial score (nSPS) is 21.3. The number of carbonyl (C=O) groups excluding carboxylic acids is 1. The number of nitrogens with zero attached hydrogens (tertiary/aromatic N) is 4. The van der Waals surface area contributed by atoms with E-state index in [-0.39, 0.29) is 24.6 Å². The fraction of sp³-hybridized carbons (Fsp3) is 0.556. The highest BCUT2D eigenvalue weighted by atomic mass is 19.4. The fourth-order valence-corrected chi connectivity index (χ4v) is 5.70. The molecule has 2 aliphatic heterocycles. The molecule has 1 saturated carbocycles.